The molecule has 0 atom stereocenters. The van der Waals surface area contributed by atoms with Crippen molar-refractivity contribution in [1.82, 2.24) is 9.97 Å². The van der Waals surface area contributed by atoms with E-state index in [-0.39, 0.29) is 17.4 Å². The van der Waals surface area contributed by atoms with Crippen molar-refractivity contribution < 1.29 is 13.6 Å². The maximum Gasteiger partial charge on any atom is 0.164 e. The molecule has 2 aromatic heterocycles. The lowest BCUT2D eigenvalue weighted by Gasteiger charge is -2.05. The first-order valence-corrected chi connectivity index (χ1v) is 8.53. The zero-order valence-electron chi connectivity index (χ0n) is 13.5. The number of hydrogen-bond acceptors (Lipinski definition) is 1. The highest BCUT2D eigenvalue weighted by Gasteiger charge is 2.30. The second kappa shape index (κ2) is 4.49. The van der Waals surface area contributed by atoms with E-state index in [1.54, 1.807) is 12.1 Å². The van der Waals surface area contributed by atoms with E-state index < -0.39 is 0 Å². The van der Waals surface area contributed by atoms with Crippen LogP contribution in [0.4, 0.5) is 8.78 Å². The van der Waals surface area contributed by atoms with Gasteiger partial charge >= 0.3 is 0 Å². The van der Waals surface area contributed by atoms with Crippen molar-refractivity contribution in [2.75, 3.05) is 0 Å². The number of ketones is 1. The number of carbonyl (C=O) groups is 1. The number of hydrogen-bond donors (Lipinski definition) is 2. The maximum atomic E-state index is 14.4. The zero-order chi connectivity index (χ0) is 17.6. The van der Waals surface area contributed by atoms with Crippen LogP contribution in [0.3, 0.4) is 0 Å². The van der Waals surface area contributed by atoms with Crippen LogP contribution in [-0.4, -0.2) is 15.8 Å². The SMILES string of the molecule is O=C1CCc2c1c1c3cccc(F)c3[nH]c1c1[nH]c3c(F)cccc3c21. The smallest absolute Gasteiger partial charge is 0.164 e. The Morgan fingerprint density at radius 2 is 1.31 bits per heavy atom. The third-order valence-electron chi connectivity index (χ3n) is 5.55. The first kappa shape index (κ1) is 14.0. The normalized spacial score (nSPS) is 14.3. The second-order valence-corrected chi connectivity index (χ2v) is 6.85. The summed E-state index contributed by atoms with van der Waals surface area (Å²) in [5.41, 5.74) is 3.74. The summed E-state index contributed by atoms with van der Waals surface area (Å²) in [6, 6.07) is 9.79. The molecular formula is C21H12F2N2O. The van der Waals surface area contributed by atoms with Crippen LogP contribution >= 0.6 is 0 Å². The van der Waals surface area contributed by atoms with E-state index in [1.807, 2.05) is 12.1 Å². The molecule has 1 aliphatic carbocycles. The van der Waals surface area contributed by atoms with E-state index in [4.69, 9.17) is 0 Å². The van der Waals surface area contributed by atoms with Crippen LogP contribution < -0.4 is 0 Å². The molecule has 0 bridgehead atoms. The van der Waals surface area contributed by atoms with E-state index in [1.165, 1.54) is 12.1 Å². The van der Waals surface area contributed by atoms with Crippen LogP contribution in [0.5, 0.6) is 0 Å². The third kappa shape index (κ3) is 1.50. The Morgan fingerprint density at radius 3 is 1.96 bits per heavy atom. The number of benzene rings is 3. The van der Waals surface area contributed by atoms with Gasteiger partial charge in [-0.25, -0.2) is 8.78 Å². The molecule has 0 saturated carbocycles. The molecule has 5 aromatic rings. The van der Waals surface area contributed by atoms with Crippen molar-refractivity contribution in [3.63, 3.8) is 0 Å². The van der Waals surface area contributed by atoms with Crippen molar-refractivity contribution in [1.29, 1.82) is 0 Å². The Hall–Kier alpha value is -3.21. The first-order chi connectivity index (χ1) is 12.6. The maximum absolute atomic E-state index is 14.4. The predicted octanol–water partition coefficient (Wildman–Crippen LogP) is 5.36. The second-order valence-electron chi connectivity index (χ2n) is 6.85. The molecule has 0 fully saturated rings. The van der Waals surface area contributed by atoms with Crippen LogP contribution in [0.1, 0.15) is 22.3 Å². The van der Waals surface area contributed by atoms with Crippen molar-refractivity contribution in [3.05, 3.63) is 59.2 Å². The number of rotatable bonds is 0. The molecule has 1 aliphatic rings. The molecule has 26 heavy (non-hydrogen) atoms. The van der Waals surface area contributed by atoms with Gasteiger partial charge in [-0.1, -0.05) is 24.3 Å². The monoisotopic (exact) mass is 346 g/mol. The molecule has 5 heteroatoms. The quantitative estimate of drug-likeness (QED) is 0.389. The van der Waals surface area contributed by atoms with Crippen LogP contribution in [0.25, 0.3) is 43.6 Å². The lowest BCUT2D eigenvalue weighted by Crippen LogP contribution is -1.93. The number of aryl methyl sites for hydroxylation is 1. The number of carbonyl (C=O) groups excluding carboxylic acids is 1. The number of fused-ring (bicyclic) bond motifs is 10. The molecule has 0 saturated heterocycles. The number of halogens is 2. The van der Waals surface area contributed by atoms with Gasteiger partial charge in [0.1, 0.15) is 11.6 Å². The summed E-state index contributed by atoms with van der Waals surface area (Å²) in [6.45, 7) is 0. The molecule has 3 nitrogen and oxygen atoms in total. The van der Waals surface area contributed by atoms with Gasteiger partial charge in [0.2, 0.25) is 0 Å². The number of nitrogens with one attached hydrogen (secondary N) is 2. The average molecular weight is 346 g/mol. The van der Waals surface area contributed by atoms with Crippen molar-refractivity contribution in [2.45, 2.75) is 12.8 Å². The summed E-state index contributed by atoms with van der Waals surface area (Å²) < 4.78 is 28.7. The predicted molar refractivity (Wildman–Crippen MR) is 97.7 cm³/mol. The number of aromatic nitrogens is 2. The van der Waals surface area contributed by atoms with E-state index in [0.29, 0.717) is 40.3 Å². The minimum Gasteiger partial charge on any atom is -0.350 e. The van der Waals surface area contributed by atoms with Gasteiger partial charge in [-0.2, -0.15) is 0 Å². The van der Waals surface area contributed by atoms with Gasteiger partial charge < -0.3 is 9.97 Å². The average Bonchev–Trinajstić information content (AvgIpc) is 3.29. The zero-order valence-corrected chi connectivity index (χ0v) is 13.5. The number of para-hydroxylation sites is 2. The molecule has 0 unspecified atom stereocenters. The molecule has 2 N–H and O–H groups in total. The molecule has 0 spiro atoms. The molecule has 0 amide bonds. The summed E-state index contributed by atoms with van der Waals surface area (Å²) in [4.78, 5) is 19.0. The minimum absolute atomic E-state index is 0.0582. The lowest BCUT2D eigenvalue weighted by molar-refractivity contribution is 0.0996. The molecule has 0 radical (unpaired) electrons. The minimum atomic E-state index is -0.367. The standard InChI is InChI=1S/C21H12F2N2O/c22-12-5-1-3-10-15-9-7-8-14(26)16(9)17-11-4-2-6-13(23)19(11)25-21(17)20(15)24-18(10)12/h1-6,24-25H,7-8H2. The molecule has 3 aromatic carbocycles. The van der Waals surface area contributed by atoms with Gasteiger partial charge in [-0.05, 0) is 24.1 Å². The van der Waals surface area contributed by atoms with Crippen molar-refractivity contribution >= 4 is 49.4 Å². The highest BCUT2D eigenvalue weighted by atomic mass is 19.1. The summed E-state index contributed by atoms with van der Waals surface area (Å²) in [6.07, 6.45) is 1.04. The van der Waals surface area contributed by atoms with Crippen LogP contribution in [0.15, 0.2) is 36.4 Å². The van der Waals surface area contributed by atoms with Gasteiger partial charge in [-0.15, -0.1) is 0 Å². The Labute approximate surface area is 145 Å². The molecule has 2 heterocycles. The Morgan fingerprint density at radius 1 is 0.731 bits per heavy atom. The Bertz CT molecular complexity index is 1420. The molecule has 6 rings (SSSR count). The fourth-order valence-corrected chi connectivity index (χ4v) is 4.51. The van der Waals surface area contributed by atoms with Gasteiger partial charge in [-0.3, -0.25) is 4.79 Å². The fraction of sp³-hybridized carbons (Fsp3) is 0.0952. The number of Topliss-reactive ketones (excluding diaryl/α,β-unsaturated/α-hetero) is 1. The topological polar surface area (TPSA) is 48.6 Å². The van der Waals surface area contributed by atoms with Crippen LogP contribution in [-0.2, 0) is 6.42 Å². The van der Waals surface area contributed by atoms with Crippen LogP contribution in [0.2, 0.25) is 0 Å². The van der Waals surface area contributed by atoms with Gasteiger partial charge in [0.05, 0.1) is 22.1 Å². The molecular weight excluding hydrogens is 334 g/mol. The summed E-state index contributed by atoms with van der Waals surface area (Å²) in [5.74, 6) is -0.650. The van der Waals surface area contributed by atoms with Gasteiger partial charge in [0.25, 0.3) is 0 Å². The van der Waals surface area contributed by atoms with Gasteiger partial charge in [0, 0.05) is 33.5 Å². The number of aromatic amines is 2. The fourth-order valence-electron chi connectivity index (χ4n) is 4.51. The summed E-state index contributed by atoms with van der Waals surface area (Å²) >= 11 is 0. The molecule has 126 valence electrons. The Balaban J connectivity index is 2.00. The van der Waals surface area contributed by atoms with Crippen molar-refractivity contribution in [2.24, 2.45) is 0 Å². The number of H-pyrrole nitrogens is 2. The van der Waals surface area contributed by atoms with E-state index in [9.17, 15) is 13.6 Å². The van der Waals surface area contributed by atoms with E-state index in [2.05, 4.69) is 9.97 Å². The summed E-state index contributed by atoms with van der Waals surface area (Å²) in [7, 11) is 0. The third-order valence-corrected chi connectivity index (χ3v) is 5.55. The van der Waals surface area contributed by atoms with Gasteiger partial charge in [0.15, 0.2) is 5.78 Å². The molecule has 0 aliphatic heterocycles. The van der Waals surface area contributed by atoms with Crippen LogP contribution in [0, 0.1) is 11.6 Å². The Kier molecular flexibility index (Phi) is 2.42. The first-order valence-electron chi connectivity index (χ1n) is 8.53. The lowest BCUT2D eigenvalue weighted by atomic mass is 9.97. The highest BCUT2D eigenvalue weighted by Crippen LogP contribution is 2.44. The summed E-state index contributed by atoms with van der Waals surface area (Å²) in [5, 5.41) is 3.04. The van der Waals surface area contributed by atoms with E-state index >= 15 is 0 Å². The van der Waals surface area contributed by atoms with E-state index in [0.717, 1.165) is 27.2 Å². The highest BCUT2D eigenvalue weighted by molar-refractivity contribution is 6.30. The van der Waals surface area contributed by atoms with Crippen molar-refractivity contribution in [3.8, 4) is 0 Å². The largest absolute Gasteiger partial charge is 0.350 e.